The quantitative estimate of drug-likeness (QED) is 0.854. The van der Waals surface area contributed by atoms with Crippen LogP contribution in [0.15, 0.2) is 24.3 Å². The van der Waals surface area contributed by atoms with Gasteiger partial charge in [0.2, 0.25) is 0 Å². The lowest BCUT2D eigenvalue weighted by Gasteiger charge is -2.40. The van der Waals surface area contributed by atoms with E-state index >= 15 is 0 Å². The van der Waals surface area contributed by atoms with Crippen molar-refractivity contribution in [1.82, 2.24) is 15.1 Å². The van der Waals surface area contributed by atoms with E-state index in [4.69, 9.17) is 0 Å². The summed E-state index contributed by atoms with van der Waals surface area (Å²) in [6.45, 7) is 3.44. The Bertz CT molecular complexity index is 625. The third kappa shape index (κ3) is 4.02. The molecule has 2 N–H and O–H groups in total. The molecule has 1 aromatic carbocycles. The van der Waals surface area contributed by atoms with Crippen LogP contribution >= 0.6 is 0 Å². The number of hydrogen-bond donors (Lipinski definition) is 2. The molecule has 2 saturated heterocycles. The van der Waals surface area contributed by atoms with Gasteiger partial charge >= 0.3 is 0 Å². The van der Waals surface area contributed by atoms with Crippen molar-refractivity contribution in [3.8, 4) is 0 Å². The van der Waals surface area contributed by atoms with E-state index in [9.17, 15) is 14.7 Å². The zero-order valence-electron chi connectivity index (χ0n) is 14.8. The smallest absolute Gasteiger partial charge is 0.255 e. The highest BCUT2D eigenvalue weighted by atomic mass is 16.3. The topological polar surface area (TPSA) is 72.9 Å². The summed E-state index contributed by atoms with van der Waals surface area (Å²) >= 11 is 0. The number of hydrogen-bond acceptors (Lipinski definition) is 4. The van der Waals surface area contributed by atoms with E-state index in [1.54, 1.807) is 19.2 Å². The van der Waals surface area contributed by atoms with Crippen molar-refractivity contribution in [2.24, 2.45) is 0 Å². The van der Waals surface area contributed by atoms with Gasteiger partial charge in [-0.1, -0.05) is 12.1 Å². The highest BCUT2D eigenvalue weighted by molar-refractivity contribution is 5.93. The third-order valence-electron chi connectivity index (χ3n) is 5.19. The number of benzene rings is 1. The van der Waals surface area contributed by atoms with E-state index in [0.717, 1.165) is 44.5 Å². The average molecular weight is 345 g/mol. The molecule has 0 aliphatic carbocycles. The zero-order chi connectivity index (χ0) is 17.9. The van der Waals surface area contributed by atoms with Crippen LogP contribution in [-0.2, 0) is 11.3 Å². The molecule has 3 rings (SSSR count). The van der Waals surface area contributed by atoms with Crippen molar-refractivity contribution >= 4 is 11.8 Å². The molecule has 1 unspecified atom stereocenters. The number of carbonyl (C=O) groups excluding carboxylic acids is 2. The lowest BCUT2D eigenvalue weighted by Crippen LogP contribution is -2.57. The maximum Gasteiger partial charge on any atom is 0.255 e. The van der Waals surface area contributed by atoms with Gasteiger partial charge < -0.3 is 15.3 Å². The lowest BCUT2D eigenvalue weighted by molar-refractivity contribution is -0.156. The fourth-order valence-electron chi connectivity index (χ4n) is 3.81. The first kappa shape index (κ1) is 17.9. The van der Waals surface area contributed by atoms with Gasteiger partial charge in [0, 0.05) is 38.8 Å². The summed E-state index contributed by atoms with van der Waals surface area (Å²) in [7, 11) is 1.61. The summed E-state index contributed by atoms with van der Waals surface area (Å²) in [5, 5.41) is 13.5. The number of nitrogens with one attached hydrogen (secondary N) is 1. The van der Waals surface area contributed by atoms with Gasteiger partial charge in [0.1, 0.15) is 0 Å². The molecule has 0 saturated carbocycles. The van der Waals surface area contributed by atoms with Crippen molar-refractivity contribution in [1.29, 1.82) is 0 Å². The van der Waals surface area contributed by atoms with E-state index in [1.807, 2.05) is 17.0 Å². The number of aliphatic hydroxyl groups is 1. The van der Waals surface area contributed by atoms with Gasteiger partial charge in [-0.25, -0.2) is 0 Å². The predicted octanol–water partition coefficient (Wildman–Crippen LogP) is 0.996. The molecule has 0 spiro atoms. The van der Waals surface area contributed by atoms with Crippen molar-refractivity contribution in [3.05, 3.63) is 35.4 Å². The molecule has 2 aliphatic rings. The van der Waals surface area contributed by atoms with Crippen LogP contribution < -0.4 is 5.32 Å². The van der Waals surface area contributed by atoms with Crippen LogP contribution in [-0.4, -0.2) is 65.5 Å². The zero-order valence-corrected chi connectivity index (χ0v) is 14.8. The van der Waals surface area contributed by atoms with Gasteiger partial charge in [-0.15, -0.1) is 0 Å². The van der Waals surface area contributed by atoms with Gasteiger partial charge in [-0.3, -0.25) is 14.5 Å². The van der Waals surface area contributed by atoms with Crippen LogP contribution in [0.1, 0.15) is 41.6 Å². The highest BCUT2D eigenvalue weighted by Gasteiger charge is 2.43. The first-order valence-electron chi connectivity index (χ1n) is 9.07. The monoisotopic (exact) mass is 345 g/mol. The molecule has 2 fully saturated rings. The molecule has 6 heteroatoms. The molecule has 0 aromatic heterocycles. The molecular formula is C19H27N3O3. The van der Waals surface area contributed by atoms with Gasteiger partial charge in [-0.05, 0) is 49.9 Å². The van der Waals surface area contributed by atoms with Crippen molar-refractivity contribution in [3.63, 3.8) is 0 Å². The number of amides is 2. The number of likely N-dealkylation sites (tertiary alicyclic amines) is 2. The number of β-amino-alcohol motifs (C(OH)–C–C–N with tert-alkyl or cyclic N) is 1. The van der Waals surface area contributed by atoms with E-state index < -0.39 is 5.60 Å². The predicted molar refractivity (Wildman–Crippen MR) is 95.1 cm³/mol. The minimum absolute atomic E-state index is 0.102. The van der Waals surface area contributed by atoms with E-state index in [2.05, 4.69) is 10.2 Å². The average Bonchev–Trinajstić information content (AvgIpc) is 3.15. The molecule has 2 amide bonds. The Hall–Kier alpha value is -1.92. The highest BCUT2D eigenvalue weighted by Crippen LogP contribution is 2.26. The molecule has 136 valence electrons. The summed E-state index contributed by atoms with van der Waals surface area (Å²) < 4.78 is 0. The van der Waals surface area contributed by atoms with Crippen LogP contribution in [0.5, 0.6) is 0 Å². The third-order valence-corrected chi connectivity index (χ3v) is 5.19. The second kappa shape index (κ2) is 7.54. The van der Waals surface area contributed by atoms with E-state index in [-0.39, 0.29) is 11.8 Å². The lowest BCUT2D eigenvalue weighted by atomic mass is 9.91. The summed E-state index contributed by atoms with van der Waals surface area (Å²) in [6.07, 6.45) is 3.41. The maximum absolute atomic E-state index is 12.7. The maximum atomic E-state index is 12.7. The summed E-state index contributed by atoms with van der Waals surface area (Å²) in [6, 6.07) is 7.47. The Morgan fingerprint density at radius 1 is 1.12 bits per heavy atom. The molecule has 2 heterocycles. The first-order valence-corrected chi connectivity index (χ1v) is 9.07. The molecule has 6 nitrogen and oxygen atoms in total. The van der Waals surface area contributed by atoms with Crippen molar-refractivity contribution in [2.45, 2.75) is 37.8 Å². The number of rotatable bonds is 4. The second-order valence-electron chi connectivity index (χ2n) is 7.12. The van der Waals surface area contributed by atoms with Crippen LogP contribution in [0.3, 0.4) is 0 Å². The normalized spacial score (nSPS) is 24.3. The van der Waals surface area contributed by atoms with Crippen molar-refractivity contribution in [2.75, 3.05) is 33.2 Å². The minimum atomic E-state index is -1.26. The Morgan fingerprint density at radius 3 is 2.44 bits per heavy atom. The Balaban J connectivity index is 1.63. The van der Waals surface area contributed by atoms with E-state index in [1.165, 1.54) is 0 Å². The van der Waals surface area contributed by atoms with Gasteiger partial charge in [0.15, 0.2) is 5.60 Å². The molecule has 1 aromatic rings. The standard InChI is InChI=1S/C19H27N3O3/c1-20-17(23)16-7-5-15(6-8-16)13-21-10-4-9-19(25,14-21)18(24)22-11-2-3-12-22/h5-8,25H,2-4,9-14H2,1H3,(H,20,23). The molecule has 2 aliphatic heterocycles. The number of piperidine rings is 1. The SMILES string of the molecule is CNC(=O)c1ccc(CN2CCCC(O)(C(=O)N3CCCC3)C2)cc1. The van der Waals surface area contributed by atoms with Gasteiger partial charge in [0.05, 0.1) is 0 Å². The Labute approximate surface area is 148 Å². The van der Waals surface area contributed by atoms with Crippen LogP contribution in [0, 0.1) is 0 Å². The minimum Gasteiger partial charge on any atom is -0.379 e. The first-order chi connectivity index (χ1) is 12.0. The van der Waals surface area contributed by atoms with Crippen LogP contribution in [0.2, 0.25) is 0 Å². The van der Waals surface area contributed by atoms with Crippen LogP contribution in [0.4, 0.5) is 0 Å². The summed E-state index contributed by atoms with van der Waals surface area (Å²) in [4.78, 5) is 28.2. The van der Waals surface area contributed by atoms with Crippen LogP contribution in [0.25, 0.3) is 0 Å². The molecule has 0 radical (unpaired) electrons. The molecular weight excluding hydrogens is 318 g/mol. The number of carbonyl (C=O) groups is 2. The summed E-state index contributed by atoms with van der Waals surface area (Å²) in [5.74, 6) is -0.209. The van der Waals surface area contributed by atoms with Gasteiger partial charge in [0.25, 0.3) is 11.8 Å². The summed E-state index contributed by atoms with van der Waals surface area (Å²) in [5.41, 5.74) is 0.445. The van der Waals surface area contributed by atoms with E-state index in [0.29, 0.717) is 25.1 Å². The molecule has 1 atom stereocenters. The van der Waals surface area contributed by atoms with Crippen molar-refractivity contribution < 1.29 is 14.7 Å². The molecule has 0 bridgehead atoms. The Morgan fingerprint density at radius 2 is 1.80 bits per heavy atom. The fraction of sp³-hybridized carbons (Fsp3) is 0.579. The number of nitrogens with zero attached hydrogens (tertiary/aromatic N) is 2. The molecule has 25 heavy (non-hydrogen) atoms. The fourth-order valence-corrected chi connectivity index (χ4v) is 3.81. The van der Waals surface area contributed by atoms with Gasteiger partial charge in [-0.2, -0.15) is 0 Å². The Kier molecular flexibility index (Phi) is 5.39. The largest absolute Gasteiger partial charge is 0.379 e. The second-order valence-corrected chi connectivity index (χ2v) is 7.12.